The van der Waals surface area contributed by atoms with Gasteiger partial charge in [-0.2, -0.15) is 0 Å². The number of carbonyl (C=O) groups is 1. The van der Waals surface area contributed by atoms with Crippen molar-refractivity contribution in [1.82, 2.24) is 10.6 Å². The highest BCUT2D eigenvalue weighted by molar-refractivity contribution is 5.73. The van der Waals surface area contributed by atoms with E-state index >= 15 is 0 Å². The molecule has 0 spiro atoms. The van der Waals surface area contributed by atoms with Crippen LogP contribution in [0.5, 0.6) is 5.75 Å². The van der Waals surface area contributed by atoms with Gasteiger partial charge in [0.2, 0.25) is 0 Å². The van der Waals surface area contributed by atoms with Gasteiger partial charge in [-0.15, -0.1) is 0 Å². The van der Waals surface area contributed by atoms with E-state index in [1.54, 1.807) is 0 Å². The third kappa shape index (κ3) is 7.59. The van der Waals surface area contributed by atoms with Gasteiger partial charge in [0.25, 0.3) is 0 Å². The van der Waals surface area contributed by atoms with Crippen molar-refractivity contribution in [2.24, 2.45) is 5.41 Å². The normalized spacial score (nSPS) is 11.3. The molecule has 0 saturated heterocycles. The quantitative estimate of drug-likeness (QED) is 0.788. The number of ether oxygens (including phenoxy) is 1. The van der Waals surface area contributed by atoms with Crippen molar-refractivity contribution in [3.8, 4) is 5.75 Å². The maximum atomic E-state index is 11.5. The van der Waals surface area contributed by atoms with E-state index < -0.39 is 0 Å². The minimum Gasteiger partial charge on any atom is -0.492 e. The smallest absolute Gasteiger partial charge is 0.314 e. The Bertz CT molecular complexity index is 433. The molecule has 0 heterocycles. The van der Waals surface area contributed by atoms with Crippen molar-refractivity contribution in [2.75, 3.05) is 19.7 Å². The van der Waals surface area contributed by atoms with Crippen LogP contribution in [-0.4, -0.2) is 25.7 Å². The number of carbonyl (C=O) groups excluding carboxylic acids is 1. The van der Waals surface area contributed by atoms with Crippen molar-refractivity contribution < 1.29 is 9.53 Å². The lowest BCUT2D eigenvalue weighted by Gasteiger charge is -2.18. The van der Waals surface area contributed by atoms with Crippen LogP contribution >= 0.6 is 0 Å². The summed E-state index contributed by atoms with van der Waals surface area (Å²) in [4.78, 5) is 11.5. The molecule has 0 atom stereocenters. The number of benzene rings is 1. The number of rotatable bonds is 6. The van der Waals surface area contributed by atoms with Crippen LogP contribution in [0.4, 0.5) is 4.79 Å². The minimum atomic E-state index is -0.149. The van der Waals surface area contributed by atoms with Crippen molar-refractivity contribution >= 4 is 6.03 Å². The fourth-order valence-electron chi connectivity index (χ4n) is 1.69. The largest absolute Gasteiger partial charge is 0.492 e. The van der Waals surface area contributed by atoms with Gasteiger partial charge in [0.15, 0.2) is 0 Å². The van der Waals surface area contributed by atoms with E-state index in [2.05, 4.69) is 57.4 Å². The van der Waals surface area contributed by atoms with Crippen LogP contribution in [0.3, 0.4) is 0 Å². The molecule has 1 aromatic rings. The number of hydrogen-bond donors (Lipinski definition) is 2. The third-order valence-corrected chi connectivity index (χ3v) is 2.98. The van der Waals surface area contributed by atoms with Gasteiger partial charge in [-0.1, -0.05) is 46.8 Å². The molecule has 0 aliphatic rings. The maximum absolute atomic E-state index is 11.5. The summed E-state index contributed by atoms with van der Waals surface area (Å²) in [5.74, 6) is 1.35. The molecule has 4 nitrogen and oxygen atoms in total. The van der Waals surface area contributed by atoms with E-state index in [4.69, 9.17) is 4.74 Å². The van der Waals surface area contributed by atoms with Gasteiger partial charge in [-0.3, -0.25) is 0 Å². The van der Waals surface area contributed by atoms with Crippen LogP contribution in [0.1, 0.15) is 46.1 Å². The summed E-state index contributed by atoms with van der Waals surface area (Å²) in [5, 5.41) is 5.62. The second kappa shape index (κ2) is 7.91. The molecule has 21 heavy (non-hydrogen) atoms. The van der Waals surface area contributed by atoms with Crippen LogP contribution in [0, 0.1) is 5.41 Å². The second-order valence-electron chi connectivity index (χ2n) is 6.74. The first-order valence-corrected chi connectivity index (χ1v) is 7.52. The predicted octanol–water partition coefficient (Wildman–Crippen LogP) is 3.53. The Hall–Kier alpha value is -1.71. The molecule has 2 amide bonds. The molecule has 0 aliphatic heterocycles. The fraction of sp³-hybridized carbons (Fsp3) is 0.588. The Morgan fingerprint density at radius 2 is 1.76 bits per heavy atom. The van der Waals surface area contributed by atoms with Crippen molar-refractivity contribution in [3.63, 3.8) is 0 Å². The Morgan fingerprint density at radius 3 is 2.29 bits per heavy atom. The second-order valence-corrected chi connectivity index (χ2v) is 6.74. The number of nitrogens with one attached hydrogen (secondary N) is 2. The zero-order valence-electron chi connectivity index (χ0n) is 13.8. The average Bonchev–Trinajstić information content (AvgIpc) is 2.41. The first-order valence-electron chi connectivity index (χ1n) is 7.52. The van der Waals surface area contributed by atoms with Crippen LogP contribution in [0.15, 0.2) is 24.3 Å². The molecule has 118 valence electrons. The van der Waals surface area contributed by atoms with E-state index in [0.717, 1.165) is 5.75 Å². The van der Waals surface area contributed by atoms with Crippen LogP contribution in [0.2, 0.25) is 0 Å². The Balaban J connectivity index is 2.20. The minimum absolute atomic E-state index is 0.0893. The topological polar surface area (TPSA) is 50.4 Å². The van der Waals surface area contributed by atoms with E-state index in [1.807, 2.05) is 12.1 Å². The molecule has 4 heteroatoms. The zero-order valence-corrected chi connectivity index (χ0v) is 13.8. The molecular formula is C17H28N2O2. The molecular weight excluding hydrogens is 264 g/mol. The van der Waals surface area contributed by atoms with E-state index in [1.165, 1.54) is 5.56 Å². The highest BCUT2D eigenvalue weighted by atomic mass is 16.5. The van der Waals surface area contributed by atoms with Gasteiger partial charge in [0.05, 0.1) is 6.54 Å². The van der Waals surface area contributed by atoms with Gasteiger partial charge in [-0.05, 0) is 29.0 Å². The number of urea groups is 1. The summed E-state index contributed by atoms with van der Waals surface area (Å²) in [6.07, 6.45) is 0. The number of amides is 2. The molecule has 0 bridgehead atoms. The van der Waals surface area contributed by atoms with Gasteiger partial charge < -0.3 is 15.4 Å². The standard InChI is InChI=1S/C17H28N2O2/c1-13(2)14-6-8-15(9-7-14)21-11-10-18-16(20)19-12-17(3,4)5/h6-9,13H,10-12H2,1-5H3,(H2,18,19,20). The van der Waals surface area contributed by atoms with Gasteiger partial charge >= 0.3 is 6.03 Å². The molecule has 0 radical (unpaired) electrons. The SMILES string of the molecule is CC(C)c1ccc(OCCNC(=O)NCC(C)(C)C)cc1. The first kappa shape index (κ1) is 17.3. The molecule has 0 fully saturated rings. The van der Waals surface area contributed by atoms with Gasteiger partial charge in [-0.25, -0.2) is 4.79 Å². The van der Waals surface area contributed by atoms with E-state index in [0.29, 0.717) is 25.6 Å². The van der Waals surface area contributed by atoms with Crippen LogP contribution in [0.25, 0.3) is 0 Å². The Kier molecular flexibility index (Phi) is 6.53. The van der Waals surface area contributed by atoms with Crippen molar-refractivity contribution in [1.29, 1.82) is 0 Å². The summed E-state index contributed by atoms with van der Waals surface area (Å²) < 4.78 is 5.59. The molecule has 0 aliphatic carbocycles. The highest BCUT2D eigenvalue weighted by Gasteiger charge is 2.11. The van der Waals surface area contributed by atoms with Gasteiger partial charge in [0.1, 0.15) is 12.4 Å². The lowest BCUT2D eigenvalue weighted by atomic mass is 9.97. The van der Waals surface area contributed by atoms with Gasteiger partial charge in [0, 0.05) is 6.54 Å². The van der Waals surface area contributed by atoms with Crippen molar-refractivity contribution in [2.45, 2.75) is 40.5 Å². The highest BCUT2D eigenvalue weighted by Crippen LogP contribution is 2.18. The number of hydrogen-bond acceptors (Lipinski definition) is 2. The molecule has 0 saturated carbocycles. The summed E-state index contributed by atoms with van der Waals surface area (Å²) in [5.41, 5.74) is 1.38. The average molecular weight is 292 g/mol. The zero-order chi connectivity index (χ0) is 15.9. The molecule has 0 unspecified atom stereocenters. The maximum Gasteiger partial charge on any atom is 0.314 e. The fourth-order valence-corrected chi connectivity index (χ4v) is 1.69. The Labute approximate surface area is 128 Å². The summed E-state index contributed by atoms with van der Waals surface area (Å²) in [6.45, 7) is 12.2. The lowest BCUT2D eigenvalue weighted by Crippen LogP contribution is -2.41. The Morgan fingerprint density at radius 1 is 1.14 bits per heavy atom. The van der Waals surface area contributed by atoms with Crippen LogP contribution in [-0.2, 0) is 0 Å². The summed E-state index contributed by atoms with van der Waals surface area (Å²) >= 11 is 0. The summed E-state index contributed by atoms with van der Waals surface area (Å²) in [6, 6.07) is 7.93. The third-order valence-electron chi connectivity index (χ3n) is 2.98. The van der Waals surface area contributed by atoms with Crippen LogP contribution < -0.4 is 15.4 Å². The predicted molar refractivity (Wildman–Crippen MR) is 86.9 cm³/mol. The molecule has 1 rings (SSSR count). The molecule has 1 aromatic carbocycles. The summed E-state index contributed by atoms with van der Waals surface area (Å²) in [7, 11) is 0. The van der Waals surface area contributed by atoms with E-state index in [9.17, 15) is 4.79 Å². The van der Waals surface area contributed by atoms with E-state index in [-0.39, 0.29) is 11.4 Å². The monoisotopic (exact) mass is 292 g/mol. The van der Waals surface area contributed by atoms with Crippen molar-refractivity contribution in [3.05, 3.63) is 29.8 Å². The first-order chi connectivity index (χ1) is 9.78. The lowest BCUT2D eigenvalue weighted by molar-refractivity contribution is 0.231. The molecule has 0 aromatic heterocycles. The molecule has 2 N–H and O–H groups in total.